The van der Waals surface area contributed by atoms with Gasteiger partial charge in [0.25, 0.3) is 0 Å². The fourth-order valence-electron chi connectivity index (χ4n) is 0. The lowest BCUT2D eigenvalue weighted by atomic mass is 11.0. The molecule has 0 bridgehead atoms. The molecule has 9 heavy (non-hydrogen) atoms. The molecule has 0 spiro atoms. The summed E-state index contributed by atoms with van der Waals surface area (Å²) < 4.78 is 25.2. The lowest BCUT2D eigenvalue weighted by Crippen LogP contribution is -1.77. The third-order valence-electron chi connectivity index (χ3n) is 0.0714. The van der Waals surface area contributed by atoms with Crippen molar-refractivity contribution in [3.63, 3.8) is 0 Å². The largest absolute Gasteiger partial charge is 0.353 e. The SMILES string of the molecule is ClCCCl.O=S(=O)(O)Cl. The van der Waals surface area contributed by atoms with E-state index in [4.69, 9.17) is 36.2 Å². The predicted octanol–water partition coefficient (Wildman–Crippen LogP) is 1.49. The third kappa shape index (κ3) is 127. The second-order valence-corrected chi connectivity index (χ2v) is 3.54. The highest BCUT2D eigenvalue weighted by atomic mass is 35.7. The average molecular weight is 215 g/mol. The van der Waals surface area contributed by atoms with Gasteiger partial charge < -0.3 is 0 Å². The van der Waals surface area contributed by atoms with E-state index in [0.29, 0.717) is 11.8 Å². The van der Waals surface area contributed by atoms with Crippen LogP contribution in [0.5, 0.6) is 0 Å². The van der Waals surface area contributed by atoms with Gasteiger partial charge in [0.15, 0.2) is 0 Å². The van der Waals surface area contributed by atoms with Gasteiger partial charge >= 0.3 is 9.33 Å². The molecule has 1 N–H and O–H groups in total. The molecule has 0 aliphatic carbocycles. The van der Waals surface area contributed by atoms with Gasteiger partial charge in [0.1, 0.15) is 0 Å². The maximum atomic E-state index is 8.95. The molecule has 0 aromatic rings. The van der Waals surface area contributed by atoms with E-state index < -0.39 is 9.33 Å². The van der Waals surface area contributed by atoms with E-state index in [1.165, 1.54) is 0 Å². The van der Waals surface area contributed by atoms with E-state index in [-0.39, 0.29) is 0 Å². The van der Waals surface area contributed by atoms with Crippen molar-refractivity contribution in [2.75, 3.05) is 11.8 Å². The molecule has 0 saturated carbocycles. The second-order valence-electron chi connectivity index (χ2n) is 0.790. The molecule has 0 aliphatic heterocycles. The van der Waals surface area contributed by atoms with Crippen LogP contribution in [0.25, 0.3) is 0 Å². The summed E-state index contributed by atoms with van der Waals surface area (Å²) in [6.45, 7) is 0. The van der Waals surface area contributed by atoms with Crippen LogP contribution in [-0.4, -0.2) is 24.7 Å². The molecule has 3 nitrogen and oxygen atoms in total. The molecule has 0 fully saturated rings. The highest BCUT2D eigenvalue weighted by molar-refractivity contribution is 8.09. The molecule has 0 unspecified atom stereocenters. The highest BCUT2D eigenvalue weighted by Gasteiger charge is 1.86. The molecule has 0 radical (unpaired) electrons. The van der Waals surface area contributed by atoms with Gasteiger partial charge in [-0.05, 0) is 0 Å². The molecule has 0 aromatic carbocycles. The lowest BCUT2D eigenvalue weighted by molar-refractivity contribution is 0.501. The maximum absolute atomic E-state index is 8.95. The summed E-state index contributed by atoms with van der Waals surface area (Å²) >= 11 is 10.1. The minimum Gasteiger partial charge on any atom is -0.273 e. The summed E-state index contributed by atoms with van der Waals surface area (Å²) in [7, 11) is -0.137. The van der Waals surface area contributed by atoms with Crippen LogP contribution in [0, 0.1) is 0 Å². The van der Waals surface area contributed by atoms with Gasteiger partial charge in [0, 0.05) is 22.4 Å². The molecule has 0 rings (SSSR count). The van der Waals surface area contributed by atoms with E-state index in [1.54, 1.807) is 0 Å². The van der Waals surface area contributed by atoms with E-state index in [2.05, 4.69) is 10.7 Å². The fraction of sp³-hybridized carbons (Fsp3) is 1.00. The maximum Gasteiger partial charge on any atom is 0.353 e. The monoisotopic (exact) mass is 214 g/mol. The van der Waals surface area contributed by atoms with E-state index in [9.17, 15) is 0 Å². The van der Waals surface area contributed by atoms with Crippen molar-refractivity contribution in [3.8, 4) is 0 Å². The first-order valence-electron chi connectivity index (χ1n) is 1.70. The van der Waals surface area contributed by atoms with Crippen molar-refractivity contribution in [1.29, 1.82) is 0 Å². The molecule has 0 saturated heterocycles. The minimum atomic E-state index is -4.19. The highest BCUT2D eigenvalue weighted by Crippen LogP contribution is 1.82. The molecule has 0 atom stereocenters. The zero-order valence-corrected chi connectivity index (χ0v) is 7.30. The quantitative estimate of drug-likeness (QED) is 0.410. The van der Waals surface area contributed by atoms with Gasteiger partial charge in [-0.3, -0.25) is 4.55 Å². The first-order valence-corrected chi connectivity index (χ1v) is 5.04. The van der Waals surface area contributed by atoms with Crippen LogP contribution in [0.15, 0.2) is 0 Å². The van der Waals surface area contributed by atoms with Crippen LogP contribution >= 0.6 is 33.9 Å². The molecular formula is C2H5Cl3O3S. The topological polar surface area (TPSA) is 54.4 Å². The summed E-state index contributed by atoms with van der Waals surface area (Å²) in [5.74, 6) is 1.11. The zero-order valence-electron chi connectivity index (χ0n) is 4.22. The van der Waals surface area contributed by atoms with Crippen molar-refractivity contribution < 1.29 is 13.0 Å². The summed E-state index contributed by atoms with van der Waals surface area (Å²) in [4.78, 5) is 0. The Balaban J connectivity index is 0. The Labute approximate surface area is 68.2 Å². The van der Waals surface area contributed by atoms with Crippen LogP contribution in [0.2, 0.25) is 0 Å². The van der Waals surface area contributed by atoms with Crippen LogP contribution in [-0.2, 0) is 9.33 Å². The Kier molecular flexibility index (Phi) is 9.54. The standard InChI is InChI=1S/C2H4Cl2.ClHO3S/c3-1-2-4;1-5(2,3)4/h1-2H2;(H,2,3,4). The normalized spacial score (nSPS) is 9.78. The smallest absolute Gasteiger partial charge is 0.273 e. The summed E-state index contributed by atoms with van der Waals surface area (Å²) in [5.41, 5.74) is 0. The van der Waals surface area contributed by atoms with E-state index >= 15 is 0 Å². The third-order valence-corrected chi connectivity index (χ3v) is 0.643. The molecule has 7 heteroatoms. The second kappa shape index (κ2) is 6.89. The van der Waals surface area contributed by atoms with Crippen LogP contribution in [0.4, 0.5) is 0 Å². The number of rotatable bonds is 1. The van der Waals surface area contributed by atoms with Gasteiger partial charge in [0.2, 0.25) is 0 Å². The number of alkyl halides is 2. The average Bonchev–Trinajstić information content (AvgIpc) is 1.61. The van der Waals surface area contributed by atoms with Crippen molar-refractivity contribution in [3.05, 3.63) is 0 Å². The van der Waals surface area contributed by atoms with Crippen molar-refractivity contribution >= 4 is 43.2 Å². The van der Waals surface area contributed by atoms with Crippen molar-refractivity contribution in [2.24, 2.45) is 0 Å². The summed E-state index contributed by atoms with van der Waals surface area (Å²) in [6, 6.07) is 0. The van der Waals surface area contributed by atoms with Gasteiger partial charge in [-0.2, -0.15) is 8.42 Å². The Morgan fingerprint density at radius 3 is 1.33 bits per heavy atom. The lowest BCUT2D eigenvalue weighted by Gasteiger charge is -1.65. The van der Waals surface area contributed by atoms with Crippen molar-refractivity contribution in [1.82, 2.24) is 0 Å². The fourth-order valence-corrected chi connectivity index (χ4v) is 0. The van der Waals surface area contributed by atoms with Crippen LogP contribution in [0.1, 0.15) is 0 Å². The first-order chi connectivity index (χ1) is 3.91. The summed E-state index contributed by atoms with van der Waals surface area (Å²) in [5, 5.41) is 0. The van der Waals surface area contributed by atoms with E-state index in [0.717, 1.165) is 0 Å². The number of hydrogen-bond acceptors (Lipinski definition) is 2. The van der Waals surface area contributed by atoms with Crippen molar-refractivity contribution in [2.45, 2.75) is 0 Å². The molecule has 0 aliphatic rings. The van der Waals surface area contributed by atoms with Gasteiger partial charge in [0.05, 0.1) is 0 Å². The number of halogens is 3. The molecular weight excluding hydrogens is 210 g/mol. The Morgan fingerprint density at radius 2 is 1.33 bits per heavy atom. The predicted molar refractivity (Wildman–Crippen MR) is 38.8 cm³/mol. The zero-order chi connectivity index (χ0) is 7.91. The minimum absolute atomic E-state index is 0.557. The molecule has 0 amide bonds. The van der Waals surface area contributed by atoms with Gasteiger partial charge in [-0.15, -0.1) is 23.2 Å². The Hall–Kier alpha value is 0.780. The summed E-state index contributed by atoms with van der Waals surface area (Å²) in [6.07, 6.45) is 0. The molecule has 0 aromatic heterocycles. The van der Waals surface area contributed by atoms with E-state index in [1.807, 2.05) is 0 Å². The number of hydrogen-bond donors (Lipinski definition) is 1. The van der Waals surface area contributed by atoms with Crippen LogP contribution in [0.3, 0.4) is 0 Å². The molecule has 0 heterocycles. The molecule has 58 valence electrons. The Bertz CT molecular complexity index is 120. The first kappa shape index (κ1) is 12.5. The Morgan fingerprint density at radius 1 is 1.22 bits per heavy atom. The van der Waals surface area contributed by atoms with Gasteiger partial charge in [-0.1, -0.05) is 0 Å². The van der Waals surface area contributed by atoms with Crippen LogP contribution < -0.4 is 0 Å². The van der Waals surface area contributed by atoms with Gasteiger partial charge in [-0.25, -0.2) is 0 Å².